The smallest absolute Gasteiger partial charge is 0.341 e. The van der Waals surface area contributed by atoms with E-state index in [1.807, 2.05) is 0 Å². The Hall–Kier alpha value is -1.76. The normalized spacial score (nSPS) is 11.1. The summed E-state index contributed by atoms with van der Waals surface area (Å²) in [6.45, 7) is 1.80. The molecule has 0 amide bonds. The first-order chi connectivity index (χ1) is 9.39. The van der Waals surface area contributed by atoms with Crippen molar-refractivity contribution in [3.63, 3.8) is 0 Å². The summed E-state index contributed by atoms with van der Waals surface area (Å²) in [5.74, 6) is -0.0395. The molecule has 0 saturated carbocycles. The van der Waals surface area contributed by atoms with Crippen molar-refractivity contribution in [2.75, 3.05) is 31.0 Å². The number of ether oxygens (including phenoxy) is 2. The van der Waals surface area contributed by atoms with Gasteiger partial charge in [0.05, 0.1) is 19.5 Å². The summed E-state index contributed by atoms with van der Waals surface area (Å²) in [6, 6.07) is 4.63. The molecule has 0 radical (unpaired) electrons. The molecule has 0 spiro atoms. The summed E-state index contributed by atoms with van der Waals surface area (Å²) in [5, 5.41) is 0. The number of rotatable bonds is 7. The van der Waals surface area contributed by atoms with Crippen LogP contribution in [0, 0.1) is 0 Å². The first-order valence-corrected chi connectivity index (χ1v) is 8.03. The van der Waals surface area contributed by atoms with Gasteiger partial charge in [-0.1, -0.05) is 6.92 Å². The quantitative estimate of drug-likeness (QED) is 0.463. The van der Waals surface area contributed by atoms with Crippen LogP contribution in [0.5, 0.6) is 5.75 Å². The lowest BCUT2D eigenvalue weighted by atomic mass is 10.2. The van der Waals surface area contributed by atoms with Gasteiger partial charge in [-0.15, -0.1) is 0 Å². The van der Waals surface area contributed by atoms with E-state index in [4.69, 9.17) is 10.5 Å². The first-order valence-electron chi connectivity index (χ1n) is 6.20. The van der Waals surface area contributed by atoms with E-state index in [1.54, 1.807) is 19.1 Å². The number of hydrogen-bond acceptors (Lipinski definition) is 6. The highest BCUT2D eigenvalue weighted by atomic mass is 32.2. The highest BCUT2D eigenvalue weighted by Crippen LogP contribution is 2.22. The minimum absolute atomic E-state index is 0.0615. The number of esters is 1. The maximum atomic E-state index is 11.6. The molecule has 112 valence electrons. The number of nitrogen functional groups attached to an aromatic ring is 1. The standard InChI is InChI=1S/C13H19NO5S/c1-3-20(16,17)8-4-7-19-12-6-5-10(14)9-11(12)13(15)18-2/h5-6,9H,3-4,7-8,14H2,1-2H3. The van der Waals surface area contributed by atoms with Crippen LogP contribution >= 0.6 is 0 Å². The number of carbonyl (C=O) groups excluding carboxylic acids is 1. The first kappa shape index (κ1) is 16.3. The van der Waals surface area contributed by atoms with Crippen LogP contribution in [0.4, 0.5) is 5.69 Å². The molecule has 1 aromatic carbocycles. The van der Waals surface area contributed by atoms with Crippen molar-refractivity contribution in [3.05, 3.63) is 23.8 Å². The number of nitrogens with two attached hydrogens (primary N) is 1. The van der Waals surface area contributed by atoms with Gasteiger partial charge in [-0.05, 0) is 24.6 Å². The van der Waals surface area contributed by atoms with E-state index in [-0.39, 0.29) is 23.7 Å². The summed E-state index contributed by atoms with van der Waals surface area (Å²) in [5.41, 5.74) is 6.26. The molecular weight excluding hydrogens is 282 g/mol. The van der Waals surface area contributed by atoms with Crippen LogP contribution in [0.15, 0.2) is 18.2 Å². The third-order valence-corrected chi connectivity index (χ3v) is 4.50. The Morgan fingerprint density at radius 1 is 1.35 bits per heavy atom. The Balaban J connectivity index is 2.66. The highest BCUT2D eigenvalue weighted by Gasteiger charge is 2.14. The van der Waals surface area contributed by atoms with Crippen LogP contribution < -0.4 is 10.5 Å². The second-order valence-electron chi connectivity index (χ2n) is 4.19. The SMILES string of the molecule is CCS(=O)(=O)CCCOc1ccc(N)cc1C(=O)OC. The Labute approximate surface area is 118 Å². The molecule has 0 aliphatic carbocycles. The molecule has 0 unspecified atom stereocenters. The summed E-state index contributed by atoms with van der Waals surface area (Å²) < 4.78 is 32.7. The molecule has 0 aliphatic heterocycles. The lowest BCUT2D eigenvalue weighted by Crippen LogP contribution is -2.13. The van der Waals surface area contributed by atoms with Crippen LogP contribution in [-0.2, 0) is 14.6 Å². The average molecular weight is 301 g/mol. The van der Waals surface area contributed by atoms with Crippen molar-refractivity contribution in [3.8, 4) is 5.75 Å². The van der Waals surface area contributed by atoms with Crippen LogP contribution in [0.3, 0.4) is 0 Å². The van der Waals surface area contributed by atoms with E-state index in [2.05, 4.69) is 4.74 Å². The largest absolute Gasteiger partial charge is 0.493 e. The van der Waals surface area contributed by atoms with E-state index < -0.39 is 15.8 Å². The van der Waals surface area contributed by atoms with Crippen LogP contribution in [0.2, 0.25) is 0 Å². The number of benzene rings is 1. The summed E-state index contributed by atoms with van der Waals surface area (Å²) in [6.07, 6.45) is 0.362. The molecule has 1 rings (SSSR count). The predicted octanol–water partition coefficient (Wildman–Crippen LogP) is 1.26. The average Bonchev–Trinajstić information content (AvgIpc) is 2.44. The lowest BCUT2D eigenvalue weighted by molar-refractivity contribution is 0.0596. The van der Waals surface area contributed by atoms with Crippen LogP contribution in [-0.4, -0.2) is 39.6 Å². The number of carbonyl (C=O) groups is 1. The van der Waals surface area contributed by atoms with Crippen molar-refractivity contribution in [1.29, 1.82) is 0 Å². The minimum atomic E-state index is -3.00. The van der Waals surface area contributed by atoms with Gasteiger partial charge in [-0.3, -0.25) is 0 Å². The van der Waals surface area contributed by atoms with Gasteiger partial charge in [0.1, 0.15) is 21.2 Å². The summed E-state index contributed by atoms with van der Waals surface area (Å²) >= 11 is 0. The summed E-state index contributed by atoms with van der Waals surface area (Å²) in [7, 11) is -1.74. The molecule has 0 bridgehead atoms. The Morgan fingerprint density at radius 3 is 2.65 bits per heavy atom. The molecule has 0 heterocycles. The van der Waals surface area contributed by atoms with Gasteiger partial charge >= 0.3 is 5.97 Å². The molecule has 20 heavy (non-hydrogen) atoms. The molecule has 0 atom stereocenters. The van der Waals surface area contributed by atoms with E-state index >= 15 is 0 Å². The zero-order valence-electron chi connectivity index (χ0n) is 11.6. The number of methoxy groups -OCH3 is 1. The third kappa shape index (κ3) is 4.73. The van der Waals surface area contributed by atoms with Crippen molar-refractivity contribution < 1.29 is 22.7 Å². The summed E-state index contributed by atoms with van der Waals surface area (Å²) in [4.78, 5) is 11.6. The van der Waals surface area contributed by atoms with Crippen molar-refractivity contribution in [2.24, 2.45) is 0 Å². The monoisotopic (exact) mass is 301 g/mol. The topological polar surface area (TPSA) is 95.7 Å². The predicted molar refractivity (Wildman–Crippen MR) is 76.6 cm³/mol. The second-order valence-corrected chi connectivity index (χ2v) is 6.66. The van der Waals surface area contributed by atoms with Gasteiger partial charge < -0.3 is 15.2 Å². The fourth-order valence-electron chi connectivity index (χ4n) is 1.55. The van der Waals surface area contributed by atoms with Crippen LogP contribution in [0.1, 0.15) is 23.7 Å². The van der Waals surface area contributed by atoms with Crippen LogP contribution in [0.25, 0.3) is 0 Å². The van der Waals surface area contributed by atoms with Gasteiger partial charge in [0.2, 0.25) is 0 Å². The zero-order valence-corrected chi connectivity index (χ0v) is 12.4. The second kappa shape index (κ2) is 7.14. The van der Waals surface area contributed by atoms with Gasteiger partial charge in [0.15, 0.2) is 0 Å². The maximum absolute atomic E-state index is 11.6. The van der Waals surface area contributed by atoms with E-state index in [1.165, 1.54) is 13.2 Å². The molecule has 1 aromatic rings. The van der Waals surface area contributed by atoms with E-state index in [9.17, 15) is 13.2 Å². The lowest BCUT2D eigenvalue weighted by Gasteiger charge is -2.11. The van der Waals surface area contributed by atoms with E-state index in [0.29, 0.717) is 17.9 Å². The fourth-order valence-corrected chi connectivity index (χ4v) is 2.39. The maximum Gasteiger partial charge on any atom is 0.341 e. The fraction of sp³-hybridized carbons (Fsp3) is 0.462. The molecule has 0 fully saturated rings. The van der Waals surface area contributed by atoms with Gasteiger partial charge in [-0.2, -0.15) is 0 Å². The van der Waals surface area contributed by atoms with Gasteiger partial charge in [-0.25, -0.2) is 13.2 Å². The molecular formula is C13H19NO5S. The van der Waals surface area contributed by atoms with Gasteiger partial charge in [0, 0.05) is 11.4 Å². The van der Waals surface area contributed by atoms with Crippen molar-refractivity contribution >= 4 is 21.5 Å². The van der Waals surface area contributed by atoms with Gasteiger partial charge in [0.25, 0.3) is 0 Å². The van der Waals surface area contributed by atoms with Crippen molar-refractivity contribution in [1.82, 2.24) is 0 Å². The number of hydrogen-bond donors (Lipinski definition) is 1. The molecule has 0 aliphatic rings. The van der Waals surface area contributed by atoms with Crippen molar-refractivity contribution in [2.45, 2.75) is 13.3 Å². The number of sulfone groups is 1. The Bertz CT molecular complexity index is 568. The Kier molecular flexibility index (Phi) is 5.82. The minimum Gasteiger partial charge on any atom is -0.493 e. The molecule has 7 heteroatoms. The van der Waals surface area contributed by atoms with E-state index in [0.717, 1.165) is 0 Å². The third-order valence-electron chi connectivity index (χ3n) is 2.71. The molecule has 2 N–H and O–H groups in total. The Morgan fingerprint density at radius 2 is 2.05 bits per heavy atom. The molecule has 6 nitrogen and oxygen atoms in total. The highest BCUT2D eigenvalue weighted by molar-refractivity contribution is 7.91. The molecule has 0 aromatic heterocycles. The number of anilines is 1. The zero-order chi connectivity index (χ0) is 15.2. The molecule has 0 saturated heterocycles.